The first-order valence-corrected chi connectivity index (χ1v) is 8.22. The van der Waals surface area contributed by atoms with E-state index in [-0.39, 0.29) is 5.91 Å². The van der Waals surface area contributed by atoms with Crippen LogP contribution >= 0.6 is 11.6 Å². The molecule has 2 rings (SSSR count). The van der Waals surface area contributed by atoms with Crippen LogP contribution in [0.25, 0.3) is 6.08 Å². The molecule has 0 spiro atoms. The van der Waals surface area contributed by atoms with E-state index in [9.17, 15) is 4.79 Å². The van der Waals surface area contributed by atoms with Gasteiger partial charge >= 0.3 is 0 Å². The molecule has 0 saturated carbocycles. The Hall–Kier alpha value is -2.46. The Bertz CT molecular complexity index is 787. The quantitative estimate of drug-likeness (QED) is 0.720. The molecule has 0 saturated heterocycles. The maximum absolute atomic E-state index is 12.3. The number of aryl methyl sites for hydroxylation is 1. The summed E-state index contributed by atoms with van der Waals surface area (Å²) in [5, 5.41) is 0.643. The molecule has 5 heteroatoms. The van der Waals surface area contributed by atoms with Gasteiger partial charge in [-0.05, 0) is 54.0 Å². The van der Waals surface area contributed by atoms with Crippen LogP contribution in [-0.4, -0.2) is 32.1 Å². The Morgan fingerprint density at radius 1 is 1.16 bits per heavy atom. The second kappa shape index (κ2) is 8.58. The van der Waals surface area contributed by atoms with Crippen LogP contribution < -0.4 is 9.47 Å². The van der Waals surface area contributed by atoms with Crippen molar-refractivity contribution in [2.75, 3.05) is 21.3 Å². The maximum atomic E-state index is 12.3. The summed E-state index contributed by atoms with van der Waals surface area (Å²) in [6, 6.07) is 11.2. The Morgan fingerprint density at radius 3 is 2.48 bits per heavy atom. The molecule has 25 heavy (non-hydrogen) atoms. The molecule has 2 aromatic rings. The molecule has 0 aliphatic carbocycles. The van der Waals surface area contributed by atoms with E-state index in [1.165, 1.54) is 0 Å². The summed E-state index contributed by atoms with van der Waals surface area (Å²) < 4.78 is 10.6. The number of hydrogen-bond acceptors (Lipinski definition) is 3. The fourth-order valence-corrected chi connectivity index (χ4v) is 2.63. The van der Waals surface area contributed by atoms with E-state index in [2.05, 4.69) is 0 Å². The fraction of sp³-hybridized carbons (Fsp3) is 0.250. The van der Waals surface area contributed by atoms with Gasteiger partial charge < -0.3 is 14.4 Å². The summed E-state index contributed by atoms with van der Waals surface area (Å²) >= 11 is 5.95. The van der Waals surface area contributed by atoms with Crippen molar-refractivity contribution in [1.82, 2.24) is 4.90 Å². The van der Waals surface area contributed by atoms with E-state index in [1.807, 2.05) is 37.3 Å². The molecule has 0 radical (unpaired) electrons. The second-order valence-electron chi connectivity index (χ2n) is 5.72. The van der Waals surface area contributed by atoms with Crippen LogP contribution in [-0.2, 0) is 11.3 Å². The molecular weight excluding hydrogens is 338 g/mol. The first-order valence-electron chi connectivity index (χ1n) is 7.85. The topological polar surface area (TPSA) is 38.8 Å². The van der Waals surface area contributed by atoms with Crippen molar-refractivity contribution in [3.05, 3.63) is 64.2 Å². The van der Waals surface area contributed by atoms with E-state index in [0.29, 0.717) is 23.1 Å². The van der Waals surface area contributed by atoms with Crippen LogP contribution in [0.5, 0.6) is 11.5 Å². The minimum Gasteiger partial charge on any atom is -0.493 e. The van der Waals surface area contributed by atoms with Crippen molar-refractivity contribution in [3.8, 4) is 11.5 Å². The number of rotatable bonds is 6. The molecule has 4 nitrogen and oxygen atoms in total. The van der Waals surface area contributed by atoms with Gasteiger partial charge in [-0.1, -0.05) is 23.7 Å². The first kappa shape index (κ1) is 18.9. The lowest BCUT2D eigenvalue weighted by atomic mass is 10.1. The van der Waals surface area contributed by atoms with E-state index >= 15 is 0 Å². The predicted molar refractivity (Wildman–Crippen MR) is 101 cm³/mol. The van der Waals surface area contributed by atoms with Crippen LogP contribution in [0.2, 0.25) is 5.02 Å². The molecule has 0 unspecified atom stereocenters. The third kappa shape index (κ3) is 5.00. The smallest absolute Gasteiger partial charge is 0.246 e. The fourth-order valence-electron chi connectivity index (χ4n) is 2.43. The van der Waals surface area contributed by atoms with Gasteiger partial charge in [-0.15, -0.1) is 0 Å². The zero-order chi connectivity index (χ0) is 18.4. The first-order chi connectivity index (χ1) is 11.9. The molecule has 0 aliphatic heterocycles. The average Bonchev–Trinajstić information content (AvgIpc) is 2.60. The number of halogens is 1. The molecule has 0 aromatic heterocycles. The number of amides is 1. The Labute approximate surface area is 153 Å². The Kier molecular flexibility index (Phi) is 6.48. The molecule has 132 valence electrons. The Morgan fingerprint density at radius 2 is 1.84 bits per heavy atom. The highest BCUT2D eigenvalue weighted by molar-refractivity contribution is 6.30. The van der Waals surface area contributed by atoms with Crippen LogP contribution in [0, 0.1) is 6.92 Å². The van der Waals surface area contributed by atoms with Crippen LogP contribution in [0.1, 0.15) is 16.7 Å². The zero-order valence-electron chi connectivity index (χ0n) is 14.9. The van der Waals surface area contributed by atoms with Crippen molar-refractivity contribution in [3.63, 3.8) is 0 Å². The molecule has 0 N–H and O–H groups in total. The average molecular weight is 360 g/mol. The van der Waals surface area contributed by atoms with Crippen molar-refractivity contribution < 1.29 is 14.3 Å². The number of ether oxygens (including phenoxy) is 2. The van der Waals surface area contributed by atoms with Crippen molar-refractivity contribution in [2.45, 2.75) is 13.5 Å². The van der Waals surface area contributed by atoms with Gasteiger partial charge in [0.25, 0.3) is 0 Å². The van der Waals surface area contributed by atoms with E-state index < -0.39 is 0 Å². The molecule has 0 bridgehead atoms. The largest absolute Gasteiger partial charge is 0.493 e. The lowest BCUT2D eigenvalue weighted by molar-refractivity contribution is -0.125. The van der Waals surface area contributed by atoms with Crippen LogP contribution in [0.4, 0.5) is 0 Å². The van der Waals surface area contributed by atoms with Crippen LogP contribution in [0.15, 0.2) is 42.5 Å². The molecule has 0 atom stereocenters. The van der Waals surface area contributed by atoms with Gasteiger partial charge in [-0.2, -0.15) is 0 Å². The third-order valence-electron chi connectivity index (χ3n) is 3.89. The zero-order valence-corrected chi connectivity index (χ0v) is 15.6. The highest BCUT2D eigenvalue weighted by atomic mass is 35.5. The highest BCUT2D eigenvalue weighted by Gasteiger charge is 2.12. The number of likely N-dealkylation sites (N-methyl/N-ethyl adjacent to an activating group) is 1. The van der Waals surface area contributed by atoms with Crippen molar-refractivity contribution in [1.29, 1.82) is 0 Å². The maximum Gasteiger partial charge on any atom is 0.246 e. The molecule has 2 aromatic carbocycles. The predicted octanol–water partition coefficient (Wildman–Crippen LogP) is 4.34. The molecular formula is C20H22ClNO3. The number of carbonyl (C=O) groups is 1. The molecule has 1 amide bonds. The normalized spacial score (nSPS) is 10.8. The number of carbonyl (C=O) groups excluding carboxylic acids is 1. The molecule has 0 aliphatic rings. The minimum atomic E-state index is -0.0887. The second-order valence-corrected chi connectivity index (χ2v) is 6.15. The standard InChI is InChI=1S/C20H22ClNO3/c1-14-10-18(24-3)19(25-4)12-16(14)13-22(2)20(23)9-8-15-6-5-7-17(21)11-15/h5-12H,13H2,1-4H3/b9-8+. The summed E-state index contributed by atoms with van der Waals surface area (Å²) in [7, 11) is 4.97. The van der Waals surface area contributed by atoms with Gasteiger partial charge in [-0.25, -0.2) is 0 Å². The summed E-state index contributed by atoms with van der Waals surface area (Å²) in [4.78, 5) is 14.0. The molecule has 0 heterocycles. The van der Waals surface area contributed by atoms with Gasteiger partial charge in [-0.3, -0.25) is 4.79 Å². The highest BCUT2D eigenvalue weighted by Crippen LogP contribution is 2.30. The number of benzene rings is 2. The van der Waals surface area contributed by atoms with Crippen molar-refractivity contribution in [2.24, 2.45) is 0 Å². The summed E-state index contributed by atoms with van der Waals surface area (Å²) in [5.41, 5.74) is 2.93. The van der Waals surface area contributed by atoms with Gasteiger partial charge in [0.2, 0.25) is 5.91 Å². The summed E-state index contributed by atoms with van der Waals surface area (Å²) in [6.45, 7) is 2.46. The SMILES string of the molecule is COc1cc(C)c(CN(C)C(=O)/C=C/c2cccc(Cl)c2)cc1OC. The Balaban J connectivity index is 2.11. The lowest BCUT2D eigenvalue weighted by Crippen LogP contribution is -2.24. The summed E-state index contributed by atoms with van der Waals surface area (Å²) in [6.07, 6.45) is 3.30. The monoisotopic (exact) mass is 359 g/mol. The van der Waals surface area contributed by atoms with Gasteiger partial charge in [0.1, 0.15) is 0 Å². The van der Waals surface area contributed by atoms with Crippen molar-refractivity contribution >= 4 is 23.6 Å². The number of methoxy groups -OCH3 is 2. The van der Waals surface area contributed by atoms with E-state index in [4.69, 9.17) is 21.1 Å². The third-order valence-corrected chi connectivity index (χ3v) is 4.13. The number of nitrogens with zero attached hydrogens (tertiary/aromatic N) is 1. The lowest BCUT2D eigenvalue weighted by Gasteiger charge is -2.18. The van der Waals surface area contributed by atoms with Gasteiger partial charge in [0, 0.05) is 24.7 Å². The van der Waals surface area contributed by atoms with Crippen LogP contribution in [0.3, 0.4) is 0 Å². The molecule has 0 fully saturated rings. The van der Waals surface area contributed by atoms with Gasteiger partial charge in [0.05, 0.1) is 14.2 Å². The minimum absolute atomic E-state index is 0.0887. The van der Waals surface area contributed by atoms with E-state index in [1.54, 1.807) is 44.4 Å². The van der Waals surface area contributed by atoms with E-state index in [0.717, 1.165) is 16.7 Å². The number of hydrogen-bond donors (Lipinski definition) is 0. The summed E-state index contributed by atoms with van der Waals surface area (Å²) in [5.74, 6) is 1.24. The van der Waals surface area contributed by atoms with Gasteiger partial charge in [0.15, 0.2) is 11.5 Å².